The Morgan fingerprint density at radius 2 is 1.83 bits per heavy atom. The summed E-state index contributed by atoms with van der Waals surface area (Å²) >= 11 is 6.32. The third kappa shape index (κ3) is 5.73. The van der Waals surface area contributed by atoms with Crippen molar-refractivity contribution in [2.75, 3.05) is 7.11 Å². The second-order valence-corrected chi connectivity index (χ2v) is 10.2. The molecule has 8 heteroatoms. The summed E-state index contributed by atoms with van der Waals surface area (Å²) in [6.07, 6.45) is 3.16. The number of pyridine rings is 1. The second-order valence-electron chi connectivity index (χ2n) is 9.77. The average Bonchev–Trinajstić information content (AvgIpc) is 2.80. The molecule has 0 bridgehead atoms. The van der Waals surface area contributed by atoms with E-state index in [0.717, 1.165) is 11.1 Å². The summed E-state index contributed by atoms with van der Waals surface area (Å²) in [7, 11) is 1.43. The molecule has 0 aliphatic carbocycles. The van der Waals surface area contributed by atoms with Crippen LogP contribution in [0, 0.1) is 5.92 Å². The molecule has 0 aliphatic heterocycles. The van der Waals surface area contributed by atoms with Gasteiger partial charge in [-0.15, -0.1) is 0 Å². The summed E-state index contributed by atoms with van der Waals surface area (Å²) in [6, 6.07) is 8.53. The van der Waals surface area contributed by atoms with Crippen LogP contribution in [0.1, 0.15) is 53.0 Å². The number of carboxylic acids is 1. The highest BCUT2D eigenvalue weighted by molar-refractivity contribution is 6.33. The highest BCUT2D eigenvalue weighted by atomic mass is 35.5. The predicted molar refractivity (Wildman–Crippen MR) is 143 cm³/mol. The zero-order valence-electron chi connectivity index (χ0n) is 21.5. The van der Waals surface area contributed by atoms with Gasteiger partial charge in [-0.25, -0.2) is 0 Å². The van der Waals surface area contributed by atoms with E-state index in [0.29, 0.717) is 34.6 Å². The molecule has 0 saturated heterocycles. The fourth-order valence-electron chi connectivity index (χ4n) is 4.19. The van der Waals surface area contributed by atoms with Crippen molar-refractivity contribution in [1.29, 1.82) is 0 Å². The van der Waals surface area contributed by atoms with Crippen LogP contribution in [0.3, 0.4) is 0 Å². The van der Waals surface area contributed by atoms with E-state index in [1.165, 1.54) is 7.11 Å². The highest BCUT2D eigenvalue weighted by Gasteiger charge is 2.22. The van der Waals surface area contributed by atoms with Gasteiger partial charge in [0.1, 0.15) is 12.1 Å². The molecule has 192 valence electrons. The van der Waals surface area contributed by atoms with Crippen LogP contribution in [0.2, 0.25) is 5.02 Å². The Bertz CT molecular complexity index is 1410. The molecule has 1 N–H and O–H groups in total. The number of esters is 1. The number of carbonyl (C=O) groups excluding carboxylic acids is 1. The van der Waals surface area contributed by atoms with E-state index in [2.05, 4.69) is 0 Å². The number of hydrogen-bond donors (Lipinski definition) is 1. The smallest absolute Gasteiger partial charge is 0.323 e. The summed E-state index contributed by atoms with van der Waals surface area (Å²) in [6.45, 7) is 8.95. The standard InChI is InChI=1S/C28H32ClNO6/c1-7-17(9-8-16(2)27(34)36-28(3,4)5)18-10-11-19-22(14-18)30(15-23(31)32)24-20(25(19)33)12-13-21(29)26(24)35-6/h9-14,16H,7-8,15H2,1-6H3,(H,31,32)/b17-9+/t16-/m1/s1. The molecule has 0 spiro atoms. The molecule has 36 heavy (non-hydrogen) atoms. The second kappa shape index (κ2) is 10.7. The molecule has 0 amide bonds. The van der Waals surface area contributed by atoms with E-state index in [9.17, 15) is 19.5 Å². The molecule has 7 nitrogen and oxygen atoms in total. The van der Waals surface area contributed by atoms with E-state index in [1.54, 1.807) is 22.8 Å². The largest absolute Gasteiger partial charge is 0.493 e. The van der Waals surface area contributed by atoms with Crippen LogP contribution in [0.5, 0.6) is 5.75 Å². The van der Waals surface area contributed by atoms with Crippen molar-refractivity contribution < 1.29 is 24.2 Å². The maximum atomic E-state index is 13.3. The molecule has 0 saturated carbocycles. The Balaban J connectivity index is 2.18. The first-order chi connectivity index (χ1) is 16.9. The maximum Gasteiger partial charge on any atom is 0.323 e. The Hall–Kier alpha value is -3.32. The van der Waals surface area contributed by atoms with Crippen LogP contribution >= 0.6 is 11.6 Å². The number of aromatic nitrogens is 1. The average molecular weight is 514 g/mol. The van der Waals surface area contributed by atoms with Gasteiger partial charge in [0, 0.05) is 5.39 Å². The van der Waals surface area contributed by atoms with Gasteiger partial charge >= 0.3 is 11.9 Å². The lowest BCUT2D eigenvalue weighted by molar-refractivity contribution is -0.159. The Kier molecular flexibility index (Phi) is 8.14. The van der Waals surface area contributed by atoms with Crippen molar-refractivity contribution in [3.63, 3.8) is 0 Å². The van der Waals surface area contributed by atoms with Crippen LogP contribution in [0.15, 0.2) is 41.2 Å². The first kappa shape index (κ1) is 27.3. The lowest BCUT2D eigenvalue weighted by Gasteiger charge is -2.22. The zero-order chi connectivity index (χ0) is 26.8. The van der Waals surface area contributed by atoms with Crippen LogP contribution in [0.25, 0.3) is 27.4 Å². The first-order valence-corrected chi connectivity index (χ1v) is 12.2. The number of carboxylic acid groups (broad SMARTS) is 1. The fraction of sp³-hybridized carbons (Fsp3) is 0.393. The highest BCUT2D eigenvalue weighted by Crippen LogP contribution is 2.35. The monoisotopic (exact) mass is 513 g/mol. The van der Waals surface area contributed by atoms with Gasteiger partial charge in [0.15, 0.2) is 11.2 Å². The number of rotatable bonds is 8. The van der Waals surface area contributed by atoms with Gasteiger partial charge in [0.05, 0.1) is 34.5 Å². The number of ether oxygens (including phenoxy) is 2. The zero-order valence-corrected chi connectivity index (χ0v) is 22.2. The summed E-state index contributed by atoms with van der Waals surface area (Å²) < 4.78 is 12.5. The van der Waals surface area contributed by atoms with Crippen molar-refractivity contribution in [3.8, 4) is 5.75 Å². The molecule has 0 radical (unpaired) electrons. The first-order valence-electron chi connectivity index (χ1n) is 11.8. The Labute approximate surface area is 215 Å². The van der Waals surface area contributed by atoms with Gasteiger partial charge in [-0.05, 0) is 69.0 Å². The number of halogens is 1. The molecule has 3 aromatic rings. The summed E-state index contributed by atoms with van der Waals surface area (Å²) in [5.41, 5.74) is 1.82. The number of nitrogens with zero attached hydrogens (tertiary/aromatic N) is 1. The van der Waals surface area contributed by atoms with Gasteiger partial charge in [-0.3, -0.25) is 14.4 Å². The number of allylic oxidation sites excluding steroid dienone is 2. The van der Waals surface area contributed by atoms with Gasteiger partial charge in [-0.1, -0.05) is 37.6 Å². The van der Waals surface area contributed by atoms with E-state index in [4.69, 9.17) is 21.1 Å². The Morgan fingerprint density at radius 3 is 2.42 bits per heavy atom. The van der Waals surface area contributed by atoms with E-state index < -0.39 is 11.6 Å². The van der Waals surface area contributed by atoms with E-state index in [1.807, 2.05) is 52.8 Å². The molecule has 1 atom stereocenters. The molecule has 0 unspecified atom stereocenters. The minimum atomic E-state index is -1.06. The SMILES string of the molecule is CC/C(=C\C[C@@H](C)C(=O)OC(C)(C)C)c1ccc2c(=O)c3ccc(Cl)c(OC)c3n(CC(=O)O)c2c1. The van der Waals surface area contributed by atoms with Crippen molar-refractivity contribution in [2.45, 2.75) is 59.6 Å². The molecular weight excluding hydrogens is 482 g/mol. The minimum Gasteiger partial charge on any atom is -0.493 e. The fourth-order valence-corrected chi connectivity index (χ4v) is 4.42. The van der Waals surface area contributed by atoms with Gasteiger partial charge in [0.2, 0.25) is 0 Å². The predicted octanol–water partition coefficient (Wildman–Crippen LogP) is 6.06. The number of aliphatic carboxylic acids is 1. The van der Waals surface area contributed by atoms with Crippen LogP contribution in [0.4, 0.5) is 0 Å². The Morgan fingerprint density at radius 1 is 1.17 bits per heavy atom. The van der Waals surface area contributed by atoms with Crippen molar-refractivity contribution in [3.05, 3.63) is 57.2 Å². The molecular formula is C28H32ClNO6. The molecule has 0 aliphatic rings. The molecule has 1 heterocycles. The van der Waals surface area contributed by atoms with Crippen LogP contribution in [-0.4, -0.2) is 34.3 Å². The molecule has 0 fully saturated rings. The van der Waals surface area contributed by atoms with Crippen molar-refractivity contribution in [1.82, 2.24) is 4.57 Å². The summed E-state index contributed by atoms with van der Waals surface area (Å²) in [5.74, 6) is -1.41. The van der Waals surface area contributed by atoms with Crippen molar-refractivity contribution >= 4 is 50.9 Å². The van der Waals surface area contributed by atoms with E-state index >= 15 is 0 Å². The van der Waals surface area contributed by atoms with Crippen molar-refractivity contribution in [2.24, 2.45) is 5.92 Å². The summed E-state index contributed by atoms with van der Waals surface area (Å²) in [5, 5.41) is 10.7. The maximum absolute atomic E-state index is 13.3. The molecule has 2 aromatic carbocycles. The molecule has 3 rings (SSSR count). The number of carbonyl (C=O) groups is 2. The number of fused-ring (bicyclic) bond motifs is 2. The third-order valence-electron chi connectivity index (χ3n) is 5.91. The lowest BCUT2D eigenvalue weighted by Crippen LogP contribution is -2.27. The minimum absolute atomic E-state index is 0.233. The topological polar surface area (TPSA) is 94.8 Å². The number of benzene rings is 2. The summed E-state index contributed by atoms with van der Waals surface area (Å²) in [4.78, 5) is 37.5. The van der Waals surface area contributed by atoms with Gasteiger partial charge in [0.25, 0.3) is 0 Å². The number of hydrogen-bond acceptors (Lipinski definition) is 5. The normalized spacial score (nSPS) is 13.1. The van der Waals surface area contributed by atoms with Gasteiger partial charge in [-0.2, -0.15) is 0 Å². The third-order valence-corrected chi connectivity index (χ3v) is 6.20. The van der Waals surface area contributed by atoms with Gasteiger partial charge < -0.3 is 19.1 Å². The number of methoxy groups -OCH3 is 1. The van der Waals surface area contributed by atoms with Crippen LogP contribution in [-0.2, 0) is 20.9 Å². The lowest BCUT2D eigenvalue weighted by atomic mass is 9.97. The quantitative estimate of drug-likeness (QED) is 0.290. The van der Waals surface area contributed by atoms with E-state index in [-0.39, 0.29) is 34.6 Å². The molecule has 1 aromatic heterocycles. The van der Waals surface area contributed by atoms with Crippen LogP contribution < -0.4 is 10.2 Å².